The van der Waals surface area contributed by atoms with Crippen molar-refractivity contribution in [1.82, 2.24) is 25.1 Å². The molecule has 2 atom stereocenters. The van der Waals surface area contributed by atoms with Gasteiger partial charge in [0.1, 0.15) is 23.3 Å². The molecule has 1 N–H and O–H groups in total. The molecule has 224 valence electrons. The Labute approximate surface area is 257 Å². The molecule has 4 aromatic rings. The topological polar surface area (TPSA) is 92.6 Å². The maximum absolute atomic E-state index is 6.11. The summed E-state index contributed by atoms with van der Waals surface area (Å²) in [4.78, 5) is 9.24. The Hall–Kier alpha value is -2.51. The zero-order valence-corrected chi connectivity index (χ0v) is 27.2. The summed E-state index contributed by atoms with van der Waals surface area (Å²) in [5.74, 6) is 0. The van der Waals surface area contributed by atoms with Crippen molar-refractivity contribution in [2.45, 2.75) is 57.7 Å². The Morgan fingerprint density at radius 3 is 2.71 bits per heavy atom. The highest BCUT2D eigenvalue weighted by atomic mass is 79.9. The van der Waals surface area contributed by atoms with Gasteiger partial charge in [-0.25, -0.2) is 9.67 Å². The normalized spacial score (nSPS) is 17.6. The first-order valence-electron chi connectivity index (χ1n) is 14.5. The molecule has 0 saturated carbocycles. The number of ether oxygens (including phenoxy) is 4. The summed E-state index contributed by atoms with van der Waals surface area (Å²) < 4.78 is 26.6. The van der Waals surface area contributed by atoms with Gasteiger partial charge in [0.05, 0.1) is 49.9 Å². The number of rotatable bonds is 14. The number of pyridine rings is 2. The van der Waals surface area contributed by atoms with E-state index in [2.05, 4.69) is 64.1 Å². The van der Waals surface area contributed by atoms with Crippen molar-refractivity contribution in [3.05, 3.63) is 76.8 Å². The molecule has 5 rings (SSSR count). The lowest BCUT2D eigenvalue weighted by atomic mass is 10.0. The highest BCUT2D eigenvalue weighted by Gasteiger charge is 2.28. The molecule has 1 aliphatic rings. The first kappa shape index (κ1) is 30.9. The zero-order valence-electron chi connectivity index (χ0n) is 24.6. The van der Waals surface area contributed by atoms with Crippen LogP contribution < -0.4 is 5.32 Å². The summed E-state index contributed by atoms with van der Waals surface area (Å²) in [5.41, 5.74) is 4.74. The Morgan fingerprint density at radius 1 is 1.02 bits per heavy atom. The van der Waals surface area contributed by atoms with E-state index < -0.39 is 8.07 Å². The zero-order chi connectivity index (χ0) is 29.4. The summed E-state index contributed by atoms with van der Waals surface area (Å²) in [6.07, 6.45) is 4.21. The van der Waals surface area contributed by atoms with Gasteiger partial charge in [-0.3, -0.25) is 10.3 Å². The highest BCUT2D eigenvalue weighted by molar-refractivity contribution is 9.10. The molecule has 1 saturated heterocycles. The van der Waals surface area contributed by atoms with Crippen molar-refractivity contribution in [2.24, 2.45) is 0 Å². The van der Waals surface area contributed by atoms with Gasteiger partial charge in [0, 0.05) is 38.4 Å². The van der Waals surface area contributed by atoms with Gasteiger partial charge in [-0.15, -0.1) is 0 Å². The maximum atomic E-state index is 6.11. The van der Waals surface area contributed by atoms with Crippen molar-refractivity contribution >= 4 is 34.9 Å². The van der Waals surface area contributed by atoms with E-state index in [9.17, 15) is 0 Å². The van der Waals surface area contributed by atoms with Crippen LogP contribution in [0.3, 0.4) is 0 Å². The average molecular weight is 655 g/mol. The molecule has 0 bridgehead atoms. The highest BCUT2D eigenvalue weighted by Crippen LogP contribution is 2.34. The molecule has 0 radical (unpaired) electrons. The fraction of sp³-hybridized carbons (Fsp3) is 0.452. The van der Waals surface area contributed by atoms with E-state index in [0.717, 1.165) is 51.5 Å². The molecule has 9 nitrogen and oxygen atoms in total. The minimum absolute atomic E-state index is 0.146. The molecule has 0 aliphatic carbocycles. The molecule has 42 heavy (non-hydrogen) atoms. The van der Waals surface area contributed by atoms with E-state index in [1.165, 1.54) is 5.56 Å². The van der Waals surface area contributed by atoms with Gasteiger partial charge in [-0.1, -0.05) is 50.0 Å². The number of benzene rings is 1. The van der Waals surface area contributed by atoms with E-state index >= 15 is 0 Å². The molecule has 0 amide bonds. The standard InChI is InChI=1S/C31H40BrN5O4Si/c1-42(2,3)16-15-39-22-37-27-18-34-28(32)17-25(27)30(36-37)24-11-7-12-33-31(24)26-20-40-21-29(35-26)41-14-8-13-38-19-23-9-5-4-6-10-23/h4-7,9-12,17-18,26,29,35H,8,13-16,19-22H2,1-3H3. The van der Waals surface area contributed by atoms with Crippen molar-refractivity contribution in [3.63, 3.8) is 0 Å². The number of morpholine rings is 1. The van der Waals surface area contributed by atoms with Crippen molar-refractivity contribution < 1.29 is 18.9 Å². The van der Waals surface area contributed by atoms with Crippen molar-refractivity contribution in [3.8, 4) is 11.3 Å². The minimum atomic E-state index is -1.18. The number of halogens is 1. The maximum Gasteiger partial charge on any atom is 0.140 e. The van der Waals surface area contributed by atoms with E-state index in [1.54, 1.807) is 0 Å². The third kappa shape index (κ3) is 8.53. The largest absolute Gasteiger partial charge is 0.377 e. The van der Waals surface area contributed by atoms with Crippen LogP contribution in [0.4, 0.5) is 0 Å². The lowest BCUT2D eigenvalue weighted by Crippen LogP contribution is -2.45. The SMILES string of the molecule is C[Si](C)(C)CCOCn1nc(-c2cccnc2C2COCC(OCCCOCc3ccccc3)N2)c2cc(Br)ncc21. The van der Waals surface area contributed by atoms with E-state index in [4.69, 9.17) is 29.0 Å². The van der Waals surface area contributed by atoms with Crippen LogP contribution in [0.25, 0.3) is 22.2 Å². The van der Waals surface area contributed by atoms with Gasteiger partial charge >= 0.3 is 0 Å². The Kier molecular flexibility index (Phi) is 10.9. The van der Waals surface area contributed by atoms with Crippen molar-refractivity contribution in [1.29, 1.82) is 0 Å². The number of nitrogens with zero attached hydrogens (tertiary/aromatic N) is 4. The predicted molar refractivity (Wildman–Crippen MR) is 170 cm³/mol. The van der Waals surface area contributed by atoms with E-state index in [1.807, 2.05) is 47.4 Å². The number of nitrogens with one attached hydrogen (secondary N) is 1. The lowest BCUT2D eigenvalue weighted by Gasteiger charge is -2.31. The summed E-state index contributed by atoms with van der Waals surface area (Å²) >= 11 is 3.54. The third-order valence-electron chi connectivity index (χ3n) is 7.04. The van der Waals surface area contributed by atoms with Gasteiger partial charge in [0.2, 0.25) is 0 Å². The van der Waals surface area contributed by atoms with Gasteiger partial charge < -0.3 is 18.9 Å². The summed E-state index contributed by atoms with van der Waals surface area (Å²) in [7, 11) is -1.18. The van der Waals surface area contributed by atoms with Crippen molar-refractivity contribution in [2.75, 3.05) is 33.0 Å². The fourth-order valence-electron chi connectivity index (χ4n) is 4.79. The Morgan fingerprint density at radius 2 is 1.88 bits per heavy atom. The van der Waals surface area contributed by atoms with Crippen LogP contribution in [0.2, 0.25) is 25.7 Å². The number of fused-ring (bicyclic) bond motifs is 1. The van der Waals surface area contributed by atoms with Crippen LogP contribution in [-0.2, 0) is 32.3 Å². The van der Waals surface area contributed by atoms with Gasteiger partial charge in [-0.2, -0.15) is 5.10 Å². The molecular formula is C31H40BrN5O4Si. The first-order chi connectivity index (χ1) is 20.4. The molecule has 11 heteroatoms. The predicted octanol–water partition coefficient (Wildman–Crippen LogP) is 6.18. The second kappa shape index (κ2) is 14.8. The van der Waals surface area contributed by atoms with Crippen LogP contribution in [0, 0.1) is 0 Å². The van der Waals surface area contributed by atoms with E-state index in [-0.39, 0.29) is 12.3 Å². The number of hydrogen-bond donors (Lipinski definition) is 1. The quantitative estimate of drug-likeness (QED) is 0.0980. The second-order valence-electron chi connectivity index (χ2n) is 11.7. The van der Waals surface area contributed by atoms with Crippen LogP contribution in [0.1, 0.15) is 23.7 Å². The van der Waals surface area contributed by atoms with Crippen LogP contribution in [0.5, 0.6) is 0 Å². The van der Waals surface area contributed by atoms with Gasteiger partial charge in [0.25, 0.3) is 0 Å². The number of aromatic nitrogens is 4. The molecule has 3 aromatic heterocycles. The summed E-state index contributed by atoms with van der Waals surface area (Å²) in [6, 6.07) is 17.2. The van der Waals surface area contributed by atoms with Crippen LogP contribution in [0.15, 0.2) is 65.5 Å². The minimum Gasteiger partial charge on any atom is -0.377 e. The molecule has 4 heterocycles. The Balaban J connectivity index is 1.24. The second-order valence-corrected chi connectivity index (χ2v) is 18.1. The molecular weight excluding hydrogens is 614 g/mol. The fourth-order valence-corrected chi connectivity index (χ4v) is 5.88. The molecule has 1 aliphatic heterocycles. The molecule has 1 fully saturated rings. The lowest BCUT2D eigenvalue weighted by molar-refractivity contribution is -0.0833. The molecule has 2 unspecified atom stereocenters. The molecule has 0 spiro atoms. The first-order valence-corrected chi connectivity index (χ1v) is 19.0. The Bertz CT molecular complexity index is 1430. The average Bonchev–Trinajstić information content (AvgIpc) is 3.34. The molecule has 1 aromatic carbocycles. The van der Waals surface area contributed by atoms with Crippen LogP contribution in [-0.4, -0.2) is 67.1 Å². The number of hydrogen-bond acceptors (Lipinski definition) is 8. The van der Waals surface area contributed by atoms with Crippen LogP contribution >= 0.6 is 15.9 Å². The van der Waals surface area contributed by atoms with E-state index in [0.29, 0.717) is 39.8 Å². The third-order valence-corrected chi connectivity index (χ3v) is 9.18. The summed E-state index contributed by atoms with van der Waals surface area (Å²) in [6.45, 7) is 10.9. The van der Waals surface area contributed by atoms with Gasteiger partial charge in [0.15, 0.2) is 0 Å². The summed E-state index contributed by atoms with van der Waals surface area (Å²) in [5, 5.41) is 9.58. The monoisotopic (exact) mass is 653 g/mol. The van der Waals surface area contributed by atoms with Gasteiger partial charge in [-0.05, 0) is 52.2 Å². The smallest absolute Gasteiger partial charge is 0.140 e.